The number of anilines is 1. The zero-order valence-electron chi connectivity index (χ0n) is 19.7. The van der Waals surface area contributed by atoms with E-state index in [0.717, 1.165) is 28.9 Å². The molecule has 0 radical (unpaired) electrons. The Labute approximate surface area is 208 Å². The number of benzene rings is 1. The average molecular weight is 507 g/mol. The van der Waals surface area contributed by atoms with Crippen LogP contribution in [0.3, 0.4) is 0 Å². The number of hydrogen-bond acceptors (Lipinski definition) is 7. The van der Waals surface area contributed by atoms with Gasteiger partial charge in [-0.15, -0.1) is 0 Å². The highest BCUT2D eigenvalue weighted by Gasteiger charge is 2.32. The van der Waals surface area contributed by atoms with E-state index in [2.05, 4.69) is 25.3 Å². The Morgan fingerprint density at radius 3 is 2.59 bits per heavy atom. The lowest BCUT2D eigenvalue weighted by molar-refractivity contribution is -0.141. The first-order chi connectivity index (χ1) is 17.7. The van der Waals surface area contributed by atoms with E-state index in [0.29, 0.717) is 22.5 Å². The van der Waals surface area contributed by atoms with Crippen molar-refractivity contribution in [3.63, 3.8) is 0 Å². The molecule has 0 saturated heterocycles. The molecule has 1 aromatic carbocycles. The molecule has 0 spiro atoms. The quantitative estimate of drug-likeness (QED) is 0.357. The third kappa shape index (κ3) is 4.99. The van der Waals surface area contributed by atoms with Crippen LogP contribution in [0.1, 0.15) is 11.3 Å². The zero-order valence-corrected chi connectivity index (χ0v) is 19.7. The van der Waals surface area contributed by atoms with Crippen molar-refractivity contribution in [3.8, 4) is 11.8 Å². The minimum Gasteiger partial charge on any atom is -0.420 e. The molecule has 4 aromatic heterocycles. The number of carbonyl (C=O) groups excluding carboxylic acids is 1. The number of aromatic nitrogens is 5. The summed E-state index contributed by atoms with van der Waals surface area (Å²) in [6.07, 6.45) is -0.467. The summed E-state index contributed by atoms with van der Waals surface area (Å²) >= 11 is 0. The number of fused-ring (bicyclic) bond motifs is 2. The number of hydrogen-bond donors (Lipinski definition) is 1. The molecule has 0 aliphatic carbocycles. The van der Waals surface area contributed by atoms with E-state index in [-0.39, 0.29) is 12.4 Å². The van der Waals surface area contributed by atoms with Gasteiger partial charge < -0.3 is 15.0 Å². The zero-order chi connectivity index (χ0) is 26.2. The fraction of sp³-hybridized carbons (Fsp3) is 0.160. The number of amides is 1. The minimum absolute atomic E-state index is 0.00852. The SMILES string of the molecule is CN(C)c1ccc2c(Oc3ccc4c(ccn4C(=O)NCc4ccc(C(F)(F)F)nc4)n3)ncnc2c1. The summed E-state index contributed by atoms with van der Waals surface area (Å²) in [5, 5.41) is 3.39. The standard InChI is InChI=1S/C25H20F3N7O2/c1-34(2)16-4-5-17-19(11-16)31-14-32-23(17)37-22-8-6-20-18(33-22)9-10-35(20)24(36)30-13-15-3-7-21(29-12-15)25(26,27)28/h3-12,14H,13H2,1-2H3,(H,30,36). The molecule has 37 heavy (non-hydrogen) atoms. The molecule has 0 bridgehead atoms. The molecule has 1 amide bonds. The summed E-state index contributed by atoms with van der Waals surface area (Å²) in [5.41, 5.74) is 2.20. The van der Waals surface area contributed by atoms with Gasteiger partial charge in [-0.25, -0.2) is 19.7 Å². The molecule has 0 saturated carbocycles. The average Bonchev–Trinajstić information content (AvgIpc) is 3.30. The lowest BCUT2D eigenvalue weighted by atomic mass is 10.2. The van der Waals surface area contributed by atoms with Gasteiger partial charge in [0.25, 0.3) is 0 Å². The van der Waals surface area contributed by atoms with Crippen LogP contribution in [0.5, 0.6) is 11.8 Å². The van der Waals surface area contributed by atoms with Crippen LogP contribution in [-0.2, 0) is 12.7 Å². The Morgan fingerprint density at radius 1 is 1.03 bits per heavy atom. The van der Waals surface area contributed by atoms with Gasteiger partial charge >= 0.3 is 12.2 Å². The highest BCUT2D eigenvalue weighted by Crippen LogP contribution is 2.29. The van der Waals surface area contributed by atoms with Gasteiger partial charge in [-0.2, -0.15) is 13.2 Å². The molecule has 5 rings (SSSR count). The van der Waals surface area contributed by atoms with Crippen LogP contribution in [0, 0.1) is 0 Å². The highest BCUT2D eigenvalue weighted by atomic mass is 19.4. The number of nitrogens with zero attached hydrogens (tertiary/aromatic N) is 6. The van der Waals surface area contributed by atoms with E-state index in [1.807, 2.05) is 37.2 Å². The molecule has 1 N–H and O–H groups in total. The highest BCUT2D eigenvalue weighted by molar-refractivity contribution is 5.90. The van der Waals surface area contributed by atoms with Gasteiger partial charge in [0.1, 0.15) is 12.0 Å². The number of alkyl halides is 3. The third-order valence-electron chi connectivity index (χ3n) is 5.60. The van der Waals surface area contributed by atoms with E-state index < -0.39 is 17.9 Å². The Kier molecular flexibility index (Phi) is 6.07. The lowest BCUT2D eigenvalue weighted by Crippen LogP contribution is -2.27. The van der Waals surface area contributed by atoms with Crippen LogP contribution in [0.4, 0.5) is 23.7 Å². The fourth-order valence-corrected chi connectivity index (χ4v) is 3.67. The van der Waals surface area contributed by atoms with Crippen molar-refractivity contribution < 1.29 is 22.7 Å². The molecule has 0 unspecified atom stereocenters. The summed E-state index contributed by atoms with van der Waals surface area (Å²) in [7, 11) is 3.88. The number of halogens is 3. The predicted octanol–water partition coefficient (Wildman–Crippen LogP) is 5.01. The van der Waals surface area contributed by atoms with Crippen LogP contribution in [0.2, 0.25) is 0 Å². The van der Waals surface area contributed by atoms with E-state index in [1.165, 1.54) is 17.0 Å². The van der Waals surface area contributed by atoms with Gasteiger partial charge in [0, 0.05) is 44.8 Å². The Bertz CT molecular complexity index is 1600. The maximum Gasteiger partial charge on any atom is 0.433 e. The Morgan fingerprint density at radius 2 is 1.86 bits per heavy atom. The molecule has 12 heteroatoms. The second-order valence-electron chi connectivity index (χ2n) is 8.32. The molecule has 0 aliphatic rings. The number of ether oxygens (including phenoxy) is 1. The van der Waals surface area contributed by atoms with Crippen LogP contribution in [0.25, 0.3) is 21.9 Å². The van der Waals surface area contributed by atoms with Gasteiger partial charge in [0.15, 0.2) is 0 Å². The fourth-order valence-electron chi connectivity index (χ4n) is 3.67. The molecule has 0 aliphatic heterocycles. The number of pyridine rings is 2. The third-order valence-corrected chi connectivity index (χ3v) is 5.60. The number of rotatable bonds is 5. The van der Waals surface area contributed by atoms with E-state index in [4.69, 9.17) is 4.74 Å². The van der Waals surface area contributed by atoms with Crippen molar-refractivity contribution in [1.29, 1.82) is 0 Å². The molecule has 0 fully saturated rings. The maximum atomic E-state index is 12.7. The van der Waals surface area contributed by atoms with Crippen LogP contribution >= 0.6 is 0 Å². The van der Waals surface area contributed by atoms with Crippen molar-refractivity contribution in [1.82, 2.24) is 29.8 Å². The van der Waals surface area contributed by atoms with Crippen molar-refractivity contribution in [2.45, 2.75) is 12.7 Å². The summed E-state index contributed by atoms with van der Waals surface area (Å²) in [5.74, 6) is 0.641. The van der Waals surface area contributed by atoms with Crippen LogP contribution < -0.4 is 15.0 Å². The van der Waals surface area contributed by atoms with Crippen molar-refractivity contribution >= 4 is 33.7 Å². The largest absolute Gasteiger partial charge is 0.433 e. The summed E-state index contributed by atoms with van der Waals surface area (Å²) < 4.78 is 45.3. The van der Waals surface area contributed by atoms with Gasteiger partial charge in [0.2, 0.25) is 11.8 Å². The second kappa shape index (κ2) is 9.37. The molecule has 9 nitrogen and oxygen atoms in total. The summed E-state index contributed by atoms with van der Waals surface area (Å²) in [6.45, 7) is 0.00852. The van der Waals surface area contributed by atoms with E-state index in [9.17, 15) is 18.0 Å². The second-order valence-corrected chi connectivity index (χ2v) is 8.32. The molecular weight excluding hydrogens is 487 g/mol. The van der Waals surface area contributed by atoms with Crippen LogP contribution in [0.15, 0.2) is 67.3 Å². The molecule has 5 aromatic rings. The monoisotopic (exact) mass is 507 g/mol. The summed E-state index contributed by atoms with van der Waals surface area (Å²) in [4.78, 5) is 31.1. The van der Waals surface area contributed by atoms with Gasteiger partial charge in [-0.05, 0) is 42.0 Å². The topological polar surface area (TPSA) is 98.1 Å². The van der Waals surface area contributed by atoms with Crippen LogP contribution in [-0.4, -0.2) is 44.6 Å². The Hall–Kier alpha value is -4.74. The maximum absolute atomic E-state index is 12.7. The molecular formula is C25H20F3N7O2. The predicted molar refractivity (Wildman–Crippen MR) is 131 cm³/mol. The molecule has 188 valence electrons. The first-order valence-electron chi connectivity index (χ1n) is 11.1. The smallest absolute Gasteiger partial charge is 0.420 e. The minimum atomic E-state index is -4.52. The molecule has 0 atom stereocenters. The van der Waals surface area contributed by atoms with Gasteiger partial charge in [0.05, 0.1) is 21.9 Å². The lowest BCUT2D eigenvalue weighted by Gasteiger charge is -2.13. The summed E-state index contributed by atoms with van der Waals surface area (Å²) in [6, 6.07) is 12.4. The van der Waals surface area contributed by atoms with E-state index >= 15 is 0 Å². The first-order valence-corrected chi connectivity index (χ1v) is 11.1. The van der Waals surface area contributed by atoms with Crippen molar-refractivity contribution in [2.75, 3.05) is 19.0 Å². The van der Waals surface area contributed by atoms with Gasteiger partial charge in [-0.3, -0.25) is 9.55 Å². The molecule has 4 heterocycles. The first kappa shape index (κ1) is 24.0. The van der Waals surface area contributed by atoms with Gasteiger partial charge in [-0.1, -0.05) is 6.07 Å². The van der Waals surface area contributed by atoms with E-state index in [1.54, 1.807) is 24.4 Å². The Balaban J connectivity index is 1.31. The van der Waals surface area contributed by atoms with Crippen molar-refractivity contribution in [3.05, 3.63) is 78.5 Å². The van der Waals surface area contributed by atoms with Crippen molar-refractivity contribution in [2.24, 2.45) is 0 Å². The normalized spacial score (nSPS) is 11.6. The number of nitrogens with one attached hydrogen (secondary N) is 1. The number of carbonyl (C=O) groups is 1.